The van der Waals surface area contributed by atoms with Crippen LogP contribution in [0.15, 0.2) is 64.6 Å². The van der Waals surface area contributed by atoms with E-state index in [-0.39, 0.29) is 43.2 Å². The Bertz CT molecular complexity index is 1390. The van der Waals surface area contributed by atoms with E-state index in [1.807, 2.05) is 44.2 Å². The molecule has 0 spiro atoms. The normalized spacial score (nSPS) is 21.7. The summed E-state index contributed by atoms with van der Waals surface area (Å²) < 4.78 is 51.4. The fourth-order valence-corrected chi connectivity index (χ4v) is 7.27. The van der Waals surface area contributed by atoms with E-state index in [0.717, 1.165) is 12.0 Å². The van der Waals surface area contributed by atoms with Gasteiger partial charge in [-0.3, -0.25) is 0 Å². The second-order valence-electron chi connectivity index (χ2n) is 12.4. The van der Waals surface area contributed by atoms with Gasteiger partial charge in [-0.1, -0.05) is 49.3 Å². The third-order valence-corrected chi connectivity index (χ3v) is 10.2. The predicted octanol–water partition coefficient (Wildman–Crippen LogP) is 3.80. The highest BCUT2D eigenvalue weighted by Gasteiger charge is 2.44. The Kier molecular flexibility index (Phi) is 11.8. The lowest BCUT2D eigenvalue weighted by Crippen LogP contribution is -2.52. The number of methoxy groups -OCH3 is 1. The van der Waals surface area contributed by atoms with Gasteiger partial charge in [-0.2, -0.15) is 4.31 Å². The molecular formula is C32H45N3O9S. The zero-order chi connectivity index (χ0) is 32.6. The maximum atomic E-state index is 14.1. The van der Waals surface area contributed by atoms with E-state index in [4.69, 9.17) is 24.2 Å². The monoisotopic (exact) mass is 647 g/mol. The summed E-state index contributed by atoms with van der Waals surface area (Å²) in [5, 5.41) is 26.8. The van der Waals surface area contributed by atoms with Crippen LogP contribution in [0.3, 0.4) is 0 Å². The first kappa shape index (κ1) is 34.6. The fourth-order valence-electron chi connectivity index (χ4n) is 5.63. The van der Waals surface area contributed by atoms with E-state index in [1.165, 1.54) is 23.5 Å². The number of hydrogen-bond acceptors (Lipinski definition) is 10. The quantitative estimate of drug-likeness (QED) is 0.149. The van der Waals surface area contributed by atoms with Crippen molar-refractivity contribution in [3.8, 4) is 5.75 Å². The van der Waals surface area contributed by atoms with Gasteiger partial charge in [-0.15, -0.1) is 0 Å². The van der Waals surface area contributed by atoms with Crippen molar-refractivity contribution in [1.82, 2.24) is 9.62 Å². The summed E-state index contributed by atoms with van der Waals surface area (Å²) in [7, 11) is -2.60. The molecule has 2 aliphatic rings. The molecule has 0 saturated carbocycles. The number of aliphatic hydroxyl groups is 1. The smallest absolute Gasteiger partial charge is 0.407 e. The van der Waals surface area contributed by atoms with Crippen molar-refractivity contribution >= 4 is 21.8 Å². The second kappa shape index (κ2) is 15.4. The Hall–Kier alpha value is -3.23. The molecule has 2 heterocycles. The van der Waals surface area contributed by atoms with Crippen LogP contribution >= 0.6 is 0 Å². The van der Waals surface area contributed by atoms with Crippen molar-refractivity contribution < 1.29 is 42.5 Å². The minimum absolute atomic E-state index is 0.0425. The molecule has 5 atom stereocenters. The van der Waals surface area contributed by atoms with Gasteiger partial charge in [0.05, 0.1) is 49.0 Å². The van der Waals surface area contributed by atoms with Crippen LogP contribution in [-0.2, 0) is 30.7 Å². The maximum absolute atomic E-state index is 14.1. The van der Waals surface area contributed by atoms with Crippen LogP contribution in [0.4, 0.5) is 4.79 Å². The van der Waals surface area contributed by atoms with Crippen molar-refractivity contribution in [2.75, 3.05) is 33.4 Å². The molecule has 2 aromatic carbocycles. The summed E-state index contributed by atoms with van der Waals surface area (Å²) in [4.78, 5) is 13.2. The number of carbonyl (C=O) groups excluding carboxylic acids is 1. The average molecular weight is 648 g/mol. The van der Waals surface area contributed by atoms with Gasteiger partial charge in [0.2, 0.25) is 10.0 Å². The van der Waals surface area contributed by atoms with E-state index < -0.39 is 39.8 Å². The number of amides is 1. The Morgan fingerprint density at radius 2 is 1.87 bits per heavy atom. The van der Waals surface area contributed by atoms with Gasteiger partial charge in [-0.05, 0) is 67.9 Å². The summed E-state index contributed by atoms with van der Waals surface area (Å²) in [5.74, 6) is 0.452. The zero-order valence-corrected chi connectivity index (χ0v) is 27.1. The lowest BCUT2D eigenvalue weighted by molar-refractivity contribution is -0.0907. The molecule has 0 aromatic heterocycles. The number of rotatable bonds is 15. The van der Waals surface area contributed by atoms with Crippen LogP contribution in [0.5, 0.6) is 5.75 Å². The number of sulfonamides is 1. The van der Waals surface area contributed by atoms with E-state index in [1.54, 1.807) is 19.1 Å². The second-order valence-corrected chi connectivity index (χ2v) is 14.4. The maximum Gasteiger partial charge on any atom is 0.407 e. The van der Waals surface area contributed by atoms with Crippen molar-refractivity contribution in [3.05, 3.63) is 60.2 Å². The molecule has 13 heteroatoms. The van der Waals surface area contributed by atoms with Crippen LogP contribution < -0.4 is 10.1 Å². The third-order valence-electron chi connectivity index (χ3n) is 8.34. The van der Waals surface area contributed by atoms with Crippen LogP contribution in [-0.4, -0.2) is 92.8 Å². The molecule has 1 amide bonds. The SMILES string of the molecule is COc1ccc(S(=O)(=O)N(C[C@@H](O)[C@H](Cc2ccccc2)NC(=O)OC2COC3OCCC23)CC(C)(C)CCC(C)=NO)cc1. The molecule has 248 valence electrons. The summed E-state index contributed by atoms with van der Waals surface area (Å²) in [5.41, 5.74) is 0.815. The Balaban J connectivity index is 1.57. The summed E-state index contributed by atoms with van der Waals surface area (Å²) >= 11 is 0. The predicted molar refractivity (Wildman–Crippen MR) is 167 cm³/mol. The summed E-state index contributed by atoms with van der Waals surface area (Å²) in [6.45, 7) is 6.05. The van der Waals surface area contributed by atoms with Gasteiger partial charge >= 0.3 is 6.09 Å². The van der Waals surface area contributed by atoms with Gasteiger partial charge in [0.15, 0.2) is 6.29 Å². The van der Waals surface area contributed by atoms with Crippen molar-refractivity contribution in [2.45, 2.75) is 75.9 Å². The minimum Gasteiger partial charge on any atom is -0.497 e. The highest BCUT2D eigenvalue weighted by molar-refractivity contribution is 7.89. The average Bonchev–Trinajstić information content (AvgIpc) is 3.65. The van der Waals surface area contributed by atoms with Crippen molar-refractivity contribution in [1.29, 1.82) is 0 Å². The number of aliphatic hydroxyl groups excluding tert-OH is 1. The van der Waals surface area contributed by atoms with E-state index in [0.29, 0.717) is 30.9 Å². The molecule has 2 fully saturated rings. The van der Waals surface area contributed by atoms with Gasteiger partial charge in [0, 0.05) is 13.1 Å². The van der Waals surface area contributed by atoms with Gasteiger partial charge in [0.25, 0.3) is 0 Å². The minimum atomic E-state index is -4.10. The molecule has 0 bridgehead atoms. The number of alkyl carbamates (subject to hydrolysis) is 1. The molecule has 4 rings (SSSR count). The van der Waals surface area contributed by atoms with E-state index in [9.17, 15) is 18.3 Å². The third kappa shape index (κ3) is 9.39. The number of ether oxygens (including phenoxy) is 4. The molecule has 45 heavy (non-hydrogen) atoms. The first-order valence-electron chi connectivity index (χ1n) is 15.2. The molecule has 2 saturated heterocycles. The standard InChI is InChI=1S/C32H45N3O9S/c1-22(34-38)14-16-32(2,3)21-35(45(39,40)25-12-10-24(41-4)11-13-25)19-28(36)27(18-23-8-6-5-7-9-23)33-31(37)44-29-20-43-30-26(29)15-17-42-30/h5-13,26-30,36,38H,14-21H2,1-4H3,(H,33,37)/t26?,27-,28+,29?,30?/m0/s1. The molecule has 3 unspecified atom stereocenters. The number of hydrogen-bond donors (Lipinski definition) is 3. The topological polar surface area (TPSA) is 156 Å². The zero-order valence-electron chi connectivity index (χ0n) is 26.3. The summed E-state index contributed by atoms with van der Waals surface area (Å²) in [6.07, 6.45) is -0.947. The largest absolute Gasteiger partial charge is 0.497 e. The Morgan fingerprint density at radius 1 is 1.16 bits per heavy atom. The molecule has 2 aromatic rings. The lowest BCUT2D eigenvalue weighted by Gasteiger charge is -2.35. The lowest BCUT2D eigenvalue weighted by atomic mass is 9.86. The molecule has 0 radical (unpaired) electrons. The first-order chi connectivity index (χ1) is 21.4. The molecular weight excluding hydrogens is 602 g/mol. The molecule has 3 N–H and O–H groups in total. The molecule has 0 aliphatic carbocycles. The molecule has 12 nitrogen and oxygen atoms in total. The number of benzene rings is 2. The summed E-state index contributed by atoms with van der Waals surface area (Å²) in [6, 6.07) is 14.5. The number of nitrogens with one attached hydrogen (secondary N) is 1. The highest BCUT2D eigenvalue weighted by Crippen LogP contribution is 2.33. The Labute approximate surface area is 265 Å². The van der Waals surface area contributed by atoms with Crippen LogP contribution in [0.25, 0.3) is 0 Å². The van der Waals surface area contributed by atoms with Crippen molar-refractivity contribution in [3.63, 3.8) is 0 Å². The van der Waals surface area contributed by atoms with Crippen molar-refractivity contribution in [2.24, 2.45) is 16.5 Å². The van der Waals surface area contributed by atoms with E-state index >= 15 is 0 Å². The van der Waals surface area contributed by atoms with Crippen LogP contribution in [0, 0.1) is 11.3 Å². The number of nitrogens with zero attached hydrogens (tertiary/aromatic N) is 2. The fraction of sp³-hybridized carbons (Fsp3) is 0.562. The number of carbonyl (C=O) groups is 1. The van der Waals surface area contributed by atoms with Crippen LogP contribution in [0.1, 0.15) is 45.6 Å². The number of oxime groups is 1. The van der Waals surface area contributed by atoms with E-state index in [2.05, 4.69) is 10.5 Å². The van der Waals surface area contributed by atoms with Gasteiger partial charge < -0.3 is 34.6 Å². The first-order valence-corrected chi connectivity index (χ1v) is 16.6. The van der Waals surface area contributed by atoms with Gasteiger partial charge in [0.1, 0.15) is 11.9 Å². The molecule has 2 aliphatic heterocycles. The highest BCUT2D eigenvalue weighted by atomic mass is 32.2. The van der Waals surface area contributed by atoms with Crippen LogP contribution in [0.2, 0.25) is 0 Å². The Morgan fingerprint density at radius 3 is 2.53 bits per heavy atom. The number of fused-ring (bicyclic) bond motifs is 1. The van der Waals surface area contributed by atoms with Gasteiger partial charge in [-0.25, -0.2) is 13.2 Å².